The first-order chi connectivity index (χ1) is 9.58. The Morgan fingerprint density at radius 3 is 2.70 bits per heavy atom. The maximum absolute atomic E-state index is 13.7. The van der Waals surface area contributed by atoms with Crippen molar-refractivity contribution in [1.29, 1.82) is 0 Å². The van der Waals surface area contributed by atoms with Crippen molar-refractivity contribution in [2.75, 3.05) is 0 Å². The quantitative estimate of drug-likeness (QED) is 0.738. The van der Waals surface area contributed by atoms with Crippen LogP contribution in [-0.4, -0.2) is 0 Å². The van der Waals surface area contributed by atoms with E-state index < -0.39 is 6.04 Å². The van der Waals surface area contributed by atoms with E-state index in [9.17, 15) is 4.39 Å². The van der Waals surface area contributed by atoms with Crippen molar-refractivity contribution in [2.24, 2.45) is 5.73 Å². The molecule has 0 amide bonds. The minimum atomic E-state index is -0.417. The summed E-state index contributed by atoms with van der Waals surface area (Å²) in [5.41, 5.74) is 8.53. The van der Waals surface area contributed by atoms with Crippen LogP contribution >= 0.6 is 15.9 Å². The Labute approximate surface area is 124 Å². The van der Waals surface area contributed by atoms with Crippen LogP contribution in [0.25, 0.3) is 11.0 Å². The van der Waals surface area contributed by atoms with Crippen LogP contribution in [0, 0.1) is 12.7 Å². The molecule has 2 nitrogen and oxygen atoms in total. The van der Waals surface area contributed by atoms with Gasteiger partial charge in [0.15, 0.2) is 11.4 Å². The summed E-state index contributed by atoms with van der Waals surface area (Å²) in [4.78, 5) is 0. The summed E-state index contributed by atoms with van der Waals surface area (Å²) in [6, 6.07) is 12.1. The second-order valence-corrected chi connectivity index (χ2v) is 5.59. The van der Waals surface area contributed by atoms with E-state index in [0.29, 0.717) is 5.76 Å². The third-order valence-electron chi connectivity index (χ3n) is 3.47. The van der Waals surface area contributed by atoms with Crippen LogP contribution in [-0.2, 0) is 0 Å². The predicted octanol–water partition coefficient (Wildman–Crippen LogP) is 4.69. The summed E-state index contributed by atoms with van der Waals surface area (Å²) >= 11 is 3.49. The molecule has 0 radical (unpaired) electrons. The van der Waals surface area contributed by atoms with E-state index in [0.717, 1.165) is 21.0 Å². The molecule has 0 bridgehead atoms. The third kappa shape index (κ3) is 2.15. The van der Waals surface area contributed by atoms with Crippen molar-refractivity contribution in [3.8, 4) is 0 Å². The number of furan rings is 1. The molecule has 0 aliphatic heterocycles. The zero-order valence-corrected chi connectivity index (χ0v) is 12.4. The fraction of sp³-hybridized carbons (Fsp3) is 0.125. The number of para-hydroxylation sites is 1. The van der Waals surface area contributed by atoms with Crippen LogP contribution < -0.4 is 5.73 Å². The van der Waals surface area contributed by atoms with Crippen LogP contribution in [0.2, 0.25) is 0 Å². The van der Waals surface area contributed by atoms with Gasteiger partial charge in [-0.3, -0.25) is 0 Å². The van der Waals surface area contributed by atoms with Gasteiger partial charge < -0.3 is 10.2 Å². The van der Waals surface area contributed by atoms with Gasteiger partial charge in [0.2, 0.25) is 0 Å². The normalized spacial score (nSPS) is 12.8. The van der Waals surface area contributed by atoms with E-state index in [4.69, 9.17) is 10.2 Å². The summed E-state index contributed by atoms with van der Waals surface area (Å²) < 4.78 is 20.3. The molecule has 0 saturated carbocycles. The number of hydrogen-bond acceptors (Lipinski definition) is 2. The number of hydrogen-bond donors (Lipinski definition) is 1. The molecule has 2 aromatic carbocycles. The van der Waals surface area contributed by atoms with Gasteiger partial charge in [-0.25, -0.2) is 4.39 Å². The topological polar surface area (TPSA) is 39.2 Å². The average molecular weight is 334 g/mol. The summed E-state index contributed by atoms with van der Waals surface area (Å²) in [5.74, 6) is 0.193. The second kappa shape index (κ2) is 5.04. The summed E-state index contributed by atoms with van der Waals surface area (Å²) in [6.45, 7) is 1.99. The van der Waals surface area contributed by atoms with Gasteiger partial charge in [0, 0.05) is 9.86 Å². The van der Waals surface area contributed by atoms with Gasteiger partial charge in [-0.1, -0.05) is 40.2 Å². The van der Waals surface area contributed by atoms with E-state index in [-0.39, 0.29) is 11.4 Å². The minimum Gasteiger partial charge on any atom is -0.456 e. The van der Waals surface area contributed by atoms with E-state index in [1.54, 1.807) is 12.1 Å². The van der Waals surface area contributed by atoms with Crippen LogP contribution in [0.15, 0.2) is 51.4 Å². The highest BCUT2D eigenvalue weighted by molar-refractivity contribution is 9.10. The Balaban J connectivity index is 2.10. The lowest BCUT2D eigenvalue weighted by atomic mass is 10.00. The number of benzene rings is 2. The third-order valence-corrected chi connectivity index (χ3v) is 4.33. The molecule has 3 rings (SSSR count). The number of fused-ring (bicyclic) bond motifs is 1. The maximum Gasteiger partial charge on any atom is 0.169 e. The first kappa shape index (κ1) is 13.3. The van der Waals surface area contributed by atoms with Crippen molar-refractivity contribution in [3.05, 3.63) is 69.6 Å². The smallest absolute Gasteiger partial charge is 0.169 e. The first-order valence-electron chi connectivity index (χ1n) is 6.26. The Hall–Kier alpha value is -1.65. The van der Waals surface area contributed by atoms with Gasteiger partial charge >= 0.3 is 0 Å². The lowest BCUT2D eigenvalue weighted by Crippen LogP contribution is -2.12. The highest BCUT2D eigenvalue weighted by atomic mass is 79.9. The lowest BCUT2D eigenvalue weighted by molar-refractivity contribution is 0.501. The average Bonchev–Trinajstić information content (AvgIpc) is 2.87. The Morgan fingerprint density at radius 2 is 1.95 bits per heavy atom. The SMILES string of the molecule is Cc1c(Br)cccc1C(N)c1cc2cccc(F)c2o1. The monoisotopic (exact) mass is 333 g/mol. The van der Waals surface area contributed by atoms with Crippen molar-refractivity contribution < 1.29 is 8.81 Å². The maximum atomic E-state index is 13.7. The van der Waals surface area contributed by atoms with E-state index >= 15 is 0 Å². The van der Waals surface area contributed by atoms with Crippen molar-refractivity contribution in [1.82, 2.24) is 0 Å². The molecule has 0 aliphatic rings. The summed E-state index contributed by atoms with van der Waals surface area (Å²) in [5, 5.41) is 0.725. The number of nitrogens with two attached hydrogens (primary N) is 1. The van der Waals surface area contributed by atoms with Crippen LogP contribution in [0.3, 0.4) is 0 Å². The zero-order chi connectivity index (χ0) is 14.3. The first-order valence-corrected chi connectivity index (χ1v) is 7.06. The molecule has 0 saturated heterocycles. The molecule has 0 aliphatic carbocycles. The van der Waals surface area contributed by atoms with Crippen LogP contribution in [0.4, 0.5) is 4.39 Å². The lowest BCUT2D eigenvalue weighted by Gasteiger charge is -2.13. The molecule has 2 N–H and O–H groups in total. The molecule has 20 heavy (non-hydrogen) atoms. The minimum absolute atomic E-state index is 0.255. The van der Waals surface area contributed by atoms with E-state index in [2.05, 4.69) is 15.9 Å². The zero-order valence-electron chi connectivity index (χ0n) is 10.9. The highest BCUT2D eigenvalue weighted by Gasteiger charge is 2.18. The van der Waals surface area contributed by atoms with Crippen molar-refractivity contribution >= 4 is 26.9 Å². The molecule has 0 spiro atoms. The predicted molar refractivity (Wildman–Crippen MR) is 81.1 cm³/mol. The summed E-state index contributed by atoms with van der Waals surface area (Å²) in [6.07, 6.45) is 0. The Kier molecular flexibility index (Phi) is 3.36. The van der Waals surface area contributed by atoms with Gasteiger partial charge in [-0.05, 0) is 36.2 Å². The fourth-order valence-electron chi connectivity index (χ4n) is 2.32. The van der Waals surface area contributed by atoms with Gasteiger partial charge in [0.1, 0.15) is 5.76 Å². The largest absolute Gasteiger partial charge is 0.456 e. The molecular weight excluding hydrogens is 321 g/mol. The molecule has 3 aromatic rings. The fourth-order valence-corrected chi connectivity index (χ4v) is 2.70. The van der Waals surface area contributed by atoms with Gasteiger partial charge in [0.25, 0.3) is 0 Å². The Morgan fingerprint density at radius 1 is 1.20 bits per heavy atom. The van der Waals surface area contributed by atoms with Crippen molar-refractivity contribution in [3.63, 3.8) is 0 Å². The molecular formula is C16H13BrFNO. The highest BCUT2D eigenvalue weighted by Crippen LogP contribution is 2.31. The van der Waals surface area contributed by atoms with Crippen LogP contribution in [0.1, 0.15) is 22.9 Å². The Bertz CT molecular complexity index is 781. The molecule has 102 valence electrons. The molecule has 0 fully saturated rings. The van der Waals surface area contributed by atoms with Gasteiger partial charge in [-0.2, -0.15) is 0 Å². The molecule has 1 heterocycles. The van der Waals surface area contributed by atoms with E-state index in [1.807, 2.05) is 31.2 Å². The number of rotatable bonds is 2. The van der Waals surface area contributed by atoms with Gasteiger partial charge in [-0.15, -0.1) is 0 Å². The molecule has 4 heteroatoms. The standard InChI is InChI=1S/C16H13BrFNO/c1-9-11(5-3-6-12(9)17)15(19)14-8-10-4-2-7-13(18)16(10)20-14/h2-8,15H,19H2,1H3. The summed E-state index contributed by atoms with van der Waals surface area (Å²) in [7, 11) is 0. The number of halogens is 2. The molecule has 1 unspecified atom stereocenters. The van der Waals surface area contributed by atoms with Crippen LogP contribution in [0.5, 0.6) is 0 Å². The van der Waals surface area contributed by atoms with E-state index in [1.165, 1.54) is 6.07 Å². The second-order valence-electron chi connectivity index (χ2n) is 4.74. The van der Waals surface area contributed by atoms with Gasteiger partial charge in [0.05, 0.1) is 6.04 Å². The molecule has 1 aromatic heterocycles. The molecule has 1 atom stereocenters. The van der Waals surface area contributed by atoms with Crippen molar-refractivity contribution in [2.45, 2.75) is 13.0 Å².